The number of benzene rings is 2. The van der Waals surface area contributed by atoms with Crippen molar-refractivity contribution in [3.05, 3.63) is 76.8 Å². The van der Waals surface area contributed by atoms with Crippen LogP contribution in [0, 0.1) is 0 Å². The average Bonchev–Trinajstić information content (AvgIpc) is 2.84. The van der Waals surface area contributed by atoms with Crippen LogP contribution in [-0.4, -0.2) is 53.2 Å². The minimum absolute atomic E-state index is 0.0167. The first kappa shape index (κ1) is 21.8. The van der Waals surface area contributed by atoms with Crippen LogP contribution in [0.5, 0.6) is 5.88 Å². The maximum Gasteiger partial charge on any atom is 0.253 e. The normalized spacial score (nSPS) is 14.1. The van der Waals surface area contributed by atoms with Crippen LogP contribution in [0.3, 0.4) is 0 Å². The summed E-state index contributed by atoms with van der Waals surface area (Å²) in [5.74, 6) is 0.291. The van der Waals surface area contributed by atoms with Crippen LogP contribution in [0.15, 0.2) is 60.7 Å². The van der Waals surface area contributed by atoms with Gasteiger partial charge in [-0.15, -0.1) is 10.2 Å². The zero-order chi connectivity index (χ0) is 22.5. The van der Waals surface area contributed by atoms with Crippen LogP contribution in [0.1, 0.15) is 33.6 Å². The first-order valence-corrected chi connectivity index (χ1v) is 10.7. The monoisotopic (exact) mass is 450 g/mol. The van der Waals surface area contributed by atoms with Crippen LogP contribution in [0.25, 0.3) is 11.3 Å². The van der Waals surface area contributed by atoms with Gasteiger partial charge in [-0.25, -0.2) is 0 Å². The molecule has 4 rings (SSSR count). The molecule has 164 valence electrons. The van der Waals surface area contributed by atoms with E-state index in [0.717, 1.165) is 5.56 Å². The van der Waals surface area contributed by atoms with Crippen molar-refractivity contribution in [3.8, 4) is 17.1 Å². The lowest BCUT2D eigenvalue weighted by atomic mass is 10.0. The number of nitrogens with zero attached hydrogens (tertiary/aromatic N) is 3. The Morgan fingerprint density at radius 3 is 2.38 bits per heavy atom. The van der Waals surface area contributed by atoms with Gasteiger partial charge in [0.15, 0.2) is 0 Å². The summed E-state index contributed by atoms with van der Waals surface area (Å²) in [4.78, 5) is 27.1. The van der Waals surface area contributed by atoms with Crippen molar-refractivity contribution >= 4 is 23.4 Å². The topological polar surface area (TPSA) is 84.4 Å². The summed E-state index contributed by atoms with van der Waals surface area (Å²) in [5, 5.41) is 11.7. The second kappa shape index (κ2) is 9.78. The Morgan fingerprint density at radius 2 is 1.75 bits per heavy atom. The summed E-state index contributed by atoms with van der Waals surface area (Å²) in [7, 11) is 1.54. The third kappa shape index (κ3) is 5.06. The van der Waals surface area contributed by atoms with Gasteiger partial charge in [-0.2, -0.15) is 0 Å². The molecule has 2 aromatic carbocycles. The molecule has 0 spiro atoms. The van der Waals surface area contributed by atoms with Crippen molar-refractivity contribution in [1.29, 1.82) is 0 Å². The summed E-state index contributed by atoms with van der Waals surface area (Å²) in [6.45, 7) is 1.18. The molecule has 1 aliphatic rings. The van der Waals surface area contributed by atoms with Gasteiger partial charge in [0.2, 0.25) is 5.88 Å². The van der Waals surface area contributed by atoms with E-state index in [1.54, 1.807) is 49.6 Å². The molecule has 1 aromatic heterocycles. The van der Waals surface area contributed by atoms with Gasteiger partial charge in [0, 0.05) is 46.9 Å². The molecule has 2 amide bonds. The molecule has 7 nitrogen and oxygen atoms in total. The number of ether oxygens (including phenoxy) is 1. The van der Waals surface area contributed by atoms with E-state index in [1.807, 2.05) is 23.1 Å². The number of nitrogens with one attached hydrogen (secondary N) is 1. The van der Waals surface area contributed by atoms with E-state index < -0.39 is 0 Å². The molecule has 0 saturated carbocycles. The van der Waals surface area contributed by atoms with Crippen LogP contribution in [0.2, 0.25) is 5.02 Å². The van der Waals surface area contributed by atoms with Gasteiger partial charge in [-0.05, 0) is 49.2 Å². The molecule has 0 atom stereocenters. The zero-order valence-corrected chi connectivity index (χ0v) is 18.4. The number of piperidine rings is 1. The van der Waals surface area contributed by atoms with E-state index >= 15 is 0 Å². The molecule has 0 unspecified atom stereocenters. The summed E-state index contributed by atoms with van der Waals surface area (Å²) in [6.07, 6.45) is 1.41. The van der Waals surface area contributed by atoms with Gasteiger partial charge < -0.3 is 15.0 Å². The molecule has 0 radical (unpaired) electrons. The molecule has 3 aromatic rings. The van der Waals surface area contributed by atoms with Crippen molar-refractivity contribution in [2.45, 2.75) is 18.9 Å². The number of amides is 2. The van der Waals surface area contributed by atoms with Crippen LogP contribution >= 0.6 is 11.6 Å². The highest BCUT2D eigenvalue weighted by molar-refractivity contribution is 6.30. The summed E-state index contributed by atoms with van der Waals surface area (Å²) >= 11 is 5.96. The maximum atomic E-state index is 12.9. The van der Waals surface area contributed by atoms with Gasteiger partial charge in [0.1, 0.15) is 0 Å². The highest BCUT2D eigenvalue weighted by Gasteiger charge is 2.25. The highest BCUT2D eigenvalue weighted by atomic mass is 35.5. The molecule has 0 bridgehead atoms. The second-order valence-electron chi connectivity index (χ2n) is 7.59. The number of halogens is 1. The number of hydrogen-bond acceptors (Lipinski definition) is 5. The SMILES string of the molecule is COc1ccc(-c2ccc(C(=O)N3CCC(NC(=O)c4cccc(Cl)c4)CC3)cc2)nn1. The van der Waals surface area contributed by atoms with E-state index in [0.29, 0.717) is 53.7 Å². The lowest BCUT2D eigenvalue weighted by Gasteiger charge is -2.32. The molecule has 8 heteroatoms. The molecule has 1 saturated heterocycles. The number of methoxy groups -OCH3 is 1. The average molecular weight is 451 g/mol. The molecule has 1 aliphatic heterocycles. The van der Waals surface area contributed by atoms with Crippen molar-refractivity contribution in [1.82, 2.24) is 20.4 Å². The number of likely N-dealkylation sites (tertiary alicyclic amines) is 1. The molecule has 1 N–H and O–H groups in total. The van der Waals surface area contributed by atoms with E-state index in [4.69, 9.17) is 16.3 Å². The zero-order valence-electron chi connectivity index (χ0n) is 17.6. The standard InChI is InChI=1S/C24H23ClN4O3/c1-32-22-10-9-21(27-28-22)16-5-7-17(8-6-16)24(31)29-13-11-20(12-14-29)26-23(30)18-3-2-4-19(25)15-18/h2-10,15,20H,11-14H2,1H3,(H,26,30). The van der Waals surface area contributed by atoms with Crippen molar-refractivity contribution < 1.29 is 14.3 Å². The summed E-state index contributed by atoms with van der Waals surface area (Å²) < 4.78 is 5.03. The molecular formula is C24H23ClN4O3. The summed E-state index contributed by atoms with van der Waals surface area (Å²) in [6, 6.07) is 17.8. The minimum atomic E-state index is -0.144. The minimum Gasteiger partial charge on any atom is -0.480 e. The lowest BCUT2D eigenvalue weighted by Crippen LogP contribution is -2.46. The largest absolute Gasteiger partial charge is 0.480 e. The second-order valence-corrected chi connectivity index (χ2v) is 8.03. The fourth-order valence-corrected chi connectivity index (χ4v) is 3.86. The van der Waals surface area contributed by atoms with Gasteiger partial charge in [0.25, 0.3) is 11.8 Å². The smallest absolute Gasteiger partial charge is 0.253 e. The third-order valence-corrected chi connectivity index (χ3v) is 5.72. The maximum absolute atomic E-state index is 12.9. The first-order chi connectivity index (χ1) is 15.5. The van der Waals surface area contributed by atoms with Crippen LogP contribution < -0.4 is 10.1 Å². The number of carbonyl (C=O) groups excluding carboxylic acids is 2. The first-order valence-electron chi connectivity index (χ1n) is 10.4. The predicted molar refractivity (Wildman–Crippen MR) is 122 cm³/mol. The number of carbonyl (C=O) groups is 2. The fraction of sp³-hybridized carbons (Fsp3) is 0.250. The molecule has 32 heavy (non-hydrogen) atoms. The van der Waals surface area contributed by atoms with Crippen molar-refractivity contribution in [2.75, 3.05) is 20.2 Å². The van der Waals surface area contributed by atoms with Gasteiger partial charge in [0.05, 0.1) is 12.8 Å². The van der Waals surface area contributed by atoms with Gasteiger partial charge in [-0.3, -0.25) is 9.59 Å². The van der Waals surface area contributed by atoms with Gasteiger partial charge in [-0.1, -0.05) is 29.8 Å². The van der Waals surface area contributed by atoms with Crippen LogP contribution in [-0.2, 0) is 0 Å². The lowest BCUT2D eigenvalue weighted by molar-refractivity contribution is 0.0698. The Balaban J connectivity index is 1.32. The van der Waals surface area contributed by atoms with Crippen molar-refractivity contribution in [2.24, 2.45) is 0 Å². The van der Waals surface area contributed by atoms with E-state index in [9.17, 15) is 9.59 Å². The molecule has 0 aliphatic carbocycles. The van der Waals surface area contributed by atoms with Gasteiger partial charge >= 0.3 is 0 Å². The molecule has 2 heterocycles. The van der Waals surface area contributed by atoms with Crippen molar-refractivity contribution in [3.63, 3.8) is 0 Å². The fourth-order valence-electron chi connectivity index (χ4n) is 3.67. The molecular weight excluding hydrogens is 428 g/mol. The number of aromatic nitrogens is 2. The Morgan fingerprint density at radius 1 is 1.00 bits per heavy atom. The van der Waals surface area contributed by atoms with E-state index in [-0.39, 0.29) is 17.9 Å². The molecule has 1 fully saturated rings. The Kier molecular flexibility index (Phi) is 6.66. The number of rotatable bonds is 5. The quantitative estimate of drug-likeness (QED) is 0.638. The Hall–Kier alpha value is -3.45. The predicted octanol–water partition coefficient (Wildman–Crippen LogP) is 3.84. The van der Waals surface area contributed by atoms with Crippen LogP contribution in [0.4, 0.5) is 0 Å². The van der Waals surface area contributed by atoms with E-state index in [2.05, 4.69) is 15.5 Å². The summed E-state index contributed by atoms with van der Waals surface area (Å²) in [5.41, 5.74) is 2.74. The number of hydrogen-bond donors (Lipinski definition) is 1. The Bertz CT molecular complexity index is 1090. The highest BCUT2D eigenvalue weighted by Crippen LogP contribution is 2.20. The Labute approximate surface area is 191 Å². The third-order valence-electron chi connectivity index (χ3n) is 5.48. The van der Waals surface area contributed by atoms with E-state index in [1.165, 1.54) is 0 Å².